The van der Waals surface area contributed by atoms with Crippen molar-refractivity contribution in [1.29, 1.82) is 0 Å². The van der Waals surface area contributed by atoms with Gasteiger partial charge < -0.3 is 18.9 Å². The summed E-state index contributed by atoms with van der Waals surface area (Å²) in [6.45, 7) is 1.000. The van der Waals surface area contributed by atoms with Gasteiger partial charge in [-0.25, -0.2) is 0 Å². The maximum absolute atomic E-state index is 6.33. The van der Waals surface area contributed by atoms with Gasteiger partial charge in [0.05, 0.1) is 40.1 Å². The second-order valence-corrected chi connectivity index (χ2v) is 8.76. The number of rotatable bonds is 8. The third-order valence-corrected chi connectivity index (χ3v) is 6.72. The molecule has 0 aliphatic carbocycles. The molecule has 0 bridgehead atoms. The molecular formula is C22H29Cl2NO4S. The van der Waals surface area contributed by atoms with E-state index in [2.05, 4.69) is 31.1 Å². The van der Waals surface area contributed by atoms with Crippen LogP contribution < -0.4 is 14.2 Å². The summed E-state index contributed by atoms with van der Waals surface area (Å²) in [5, 5.41) is 0.752. The molecule has 2 aromatic rings. The molecule has 3 rings (SSSR count). The number of thioether (sulfide) groups is 1. The fraction of sp³-hybridized carbons (Fsp3) is 0.455. The zero-order valence-electron chi connectivity index (χ0n) is 18.0. The molecule has 1 aliphatic heterocycles. The van der Waals surface area contributed by atoms with E-state index < -0.39 is 0 Å². The van der Waals surface area contributed by atoms with Gasteiger partial charge in [-0.05, 0) is 62.0 Å². The zero-order valence-corrected chi connectivity index (χ0v) is 20.4. The molecule has 0 saturated carbocycles. The predicted molar refractivity (Wildman–Crippen MR) is 125 cm³/mol. The number of fused-ring (bicyclic) bond motifs is 1. The van der Waals surface area contributed by atoms with Crippen LogP contribution in [0, 0.1) is 0 Å². The second kappa shape index (κ2) is 10.8. The highest BCUT2D eigenvalue weighted by atomic mass is 35.5. The van der Waals surface area contributed by atoms with E-state index in [1.165, 1.54) is 10.5 Å². The number of nitrogens with zero attached hydrogens (tertiary/aromatic N) is 1. The summed E-state index contributed by atoms with van der Waals surface area (Å²) >= 11 is 8.20. The van der Waals surface area contributed by atoms with Crippen LogP contribution in [0.4, 0.5) is 0 Å². The number of halogens is 2. The lowest BCUT2D eigenvalue weighted by Crippen LogP contribution is -2.47. The van der Waals surface area contributed by atoms with Crippen LogP contribution in [0.3, 0.4) is 0 Å². The fourth-order valence-corrected chi connectivity index (χ4v) is 5.16. The van der Waals surface area contributed by atoms with Crippen LogP contribution in [0.1, 0.15) is 17.5 Å². The average Bonchev–Trinajstić information content (AvgIpc) is 2.72. The topological polar surface area (TPSA) is 40.2 Å². The van der Waals surface area contributed by atoms with E-state index in [-0.39, 0.29) is 17.9 Å². The number of hydrogen-bond acceptors (Lipinski definition) is 6. The summed E-state index contributed by atoms with van der Waals surface area (Å²) in [6, 6.07) is 9.98. The van der Waals surface area contributed by atoms with Crippen molar-refractivity contribution in [3.63, 3.8) is 0 Å². The number of benzene rings is 2. The summed E-state index contributed by atoms with van der Waals surface area (Å²) in [7, 11) is 9.03. The van der Waals surface area contributed by atoms with Gasteiger partial charge in [-0.2, -0.15) is 0 Å². The minimum Gasteiger partial charge on any atom is -0.493 e. The van der Waals surface area contributed by atoms with E-state index in [0.29, 0.717) is 30.5 Å². The number of likely N-dealkylation sites (N-methyl/N-ethyl adjacent to an activating group) is 1. The highest BCUT2D eigenvalue weighted by Gasteiger charge is 2.39. The van der Waals surface area contributed by atoms with E-state index in [0.717, 1.165) is 22.8 Å². The third kappa shape index (κ3) is 4.94. The van der Waals surface area contributed by atoms with E-state index in [4.69, 9.17) is 30.5 Å². The molecule has 0 N–H and O–H groups in total. The third-order valence-electron chi connectivity index (χ3n) is 5.41. The quantitative estimate of drug-likeness (QED) is 0.520. The van der Waals surface area contributed by atoms with Crippen LogP contribution in [-0.2, 0) is 16.9 Å². The van der Waals surface area contributed by atoms with Gasteiger partial charge in [0.2, 0.25) is 5.75 Å². The largest absolute Gasteiger partial charge is 0.493 e. The lowest BCUT2D eigenvalue weighted by atomic mass is 9.86. The number of ether oxygens (including phenoxy) is 4. The highest BCUT2D eigenvalue weighted by Crippen LogP contribution is 2.44. The minimum absolute atomic E-state index is 0. The van der Waals surface area contributed by atoms with Crippen LogP contribution in [0.5, 0.6) is 17.2 Å². The summed E-state index contributed by atoms with van der Waals surface area (Å²) in [5.41, 5.74) is 1.98. The Morgan fingerprint density at radius 2 is 1.70 bits per heavy atom. The normalized spacial score (nSPS) is 17.8. The summed E-state index contributed by atoms with van der Waals surface area (Å²) in [5.74, 6) is 2.87. The van der Waals surface area contributed by atoms with Crippen molar-refractivity contribution < 1.29 is 18.9 Å². The molecule has 0 aromatic heterocycles. The molecule has 0 radical (unpaired) electrons. The number of methoxy groups -OCH3 is 3. The van der Waals surface area contributed by atoms with Crippen molar-refractivity contribution in [2.45, 2.75) is 23.5 Å². The van der Waals surface area contributed by atoms with Crippen LogP contribution in [0.25, 0.3) is 0 Å². The first-order chi connectivity index (χ1) is 13.9. The van der Waals surface area contributed by atoms with Gasteiger partial charge >= 0.3 is 0 Å². The van der Waals surface area contributed by atoms with Crippen molar-refractivity contribution >= 4 is 35.8 Å². The smallest absolute Gasteiger partial charge is 0.203 e. The van der Waals surface area contributed by atoms with Gasteiger partial charge in [0.15, 0.2) is 11.5 Å². The summed E-state index contributed by atoms with van der Waals surface area (Å²) in [6.07, 6.45) is 0.993. The maximum atomic E-state index is 6.33. The van der Waals surface area contributed by atoms with Crippen molar-refractivity contribution in [1.82, 2.24) is 4.90 Å². The Morgan fingerprint density at radius 3 is 2.27 bits per heavy atom. The minimum atomic E-state index is -0.216. The molecule has 5 nitrogen and oxygen atoms in total. The van der Waals surface area contributed by atoms with Crippen LogP contribution in [-0.4, -0.2) is 52.7 Å². The van der Waals surface area contributed by atoms with Gasteiger partial charge in [-0.3, -0.25) is 4.90 Å². The van der Waals surface area contributed by atoms with Crippen molar-refractivity contribution in [3.8, 4) is 17.2 Å². The lowest BCUT2D eigenvalue weighted by molar-refractivity contribution is 0.000177. The SMILES string of the molecule is COc1cc(COCC2(N(C)C)CCSc3ccc(Cl)cc32)cc(OC)c1OC.Cl. The summed E-state index contributed by atoms with van der Waals surface area (Å²) in [4.78, 5) is 3.52. The first-order valence-corrected chi connectivity index (χ1v) is 10.8. The molecule has 0 saturated heterocycles. The Kier molecular flexibility index (Phi) is 9.00. The van der Waals surface area contributed by atoms with E-state index >= 15 is 0 Å². The number of hydrogen-bond donors (Lipinski definition) is 0. The molecule has 30 heavy (non-hydrogen) atoms. The molecule has 0 spiro atoms. The van der Waals surface area contributed by atoms with Gasteiger partial charge in [-0.1, -0.05) is 11.6 Å². The molecule has 1 atom stereocenters. The van der Waals surface area contributed by atoms with Crippen molar-refractivity contribution in [2.75, 3.05) is 47.8 Å². The Bertz CT molecular complexity index is 840. The van der Waals surface area contributed by atoms with Gasteiger partial charge in [0, 0.05) is 15.7 Å². The Hall–Kier alpha value is -1.31. The maximum Gasteiger partial charge on any atom is 0.203 e. The molecule has 2 aromatic carbocycles. The molecule has 166 valence electrons. The standard InChI is InChI=1S/C22H28ClNO4S.ClH/c1-24(2)22(8-9-29-20-7-6-16(23)12-17(20)22)14-28-13-15-10-18(25-3)21(27-5)19(11-15)26-4;/h6-7,10-12H,8-9,13-14H2,1-5H3;1H. The molecule has 1 aliphatic rings. The Balaban J connectivity index is 0.00000320. The van der Waals surface area contributed by atoms with E-state index in [1.54, 1.807) is 21.3 Å². The van der Waals surface area contributed by atoms with Crippen LogP contribution in [0.15, 0.2) is 35.2 Å². The first kappa shape index (κ1) is 25.0. The van der Waals surface area contributed by atoms with Gasteiger partial charge in [0.25, 0.3) is 0 Å². The molecule has 1 heterocycles. The lowest BCUT2D eigenvalue weighted by Gasteiger charge is -2.44. The zero-order chi connectivity index (χ0) is 21.0. The summed E-state index contributed by atoms with van der Waals surface area (Å²) < 4.78 is 22.5. The highest BCUT2D eigenvalue weighted by molar-refractivity contribution is 7.99. The van der Waals surface area contributed by atoms with Crippen LogP contribution in [0.2, 0.25) is 5.02 Å². The average molecular weight is 474 g/mol. The fourth-order valence-electron chi connectivity index (χ4n) is 3.76. The predicted octanol–water partition coefficient (Wildman–Crippen LogP) is 5.26. The van der Waals surface area contributed by atoms with Gasteiger partial charge in [-0.15, -0.1) is 24.2 Å². The van der Waals surface area contributed by atoms with E-state index in [9.17, 15) is 0 Å². The monoisotopic (exact) mass is 473 g/mol. The van der Waals surface area contributed by atoms with E-state index in [1.807, 2.05) is 30.0 Å². The van der Waals surface area contributed by atoms with Crippen LogP contribution >= 0.6 is 35.8 Å². The molecular weight excluding hydrogens is 445 g/mol. The first-order valence-electron chi connectivity index (χ1n) is 9.42. The second-order valence-electron chi connectivity index (χ2n) is 7.19. The van der Waals surface area contributed by atoms with Crippen molar-refractivity contribution in [2.24, 2.45) is 0 Å². The molecule has 0 amide bonds. The van der Waals surface area contributed by atoms with Crippen molar-refractivity contribution in [3.05, 3.63) is 46.5 Å². The molecule has 1 unspecified atom stereocenters. The molecule has 8 heteroatoms. The van der Waals surface area contributed by atoms with Gasteiger partial charge in [0.1, 0.15) is 0 Å². The Morgan fingerprint density at radius 1 is 1.03 bits per heavy atom. The Labute approximate surface area is 194 Å². The molecule has 0 fully saturated rings.